The molecular formula is C21H25N3O4S. The fourth-order valence-corrected chi connectivity index (χ4v) is 3.42. The lowest BCUT2D eigenvalue weighted by molar-refractivity contribution is -0.122. The number of anilines is 2. The van der Waals surface area contributed by atoms with E-state index in [0.717, 1.165) is 10.6 Å². The second-order valence-electron chi connectivity index (χ2n) is 6.69. The number of para-hydroxylation sites is 1. The van der Waals surface area contributed by atoms with Crippen LogP contribution in [-0.2, 0) is 9.59 Å². The highest BCUT2D eigenvalue weighted by Gasteiger charge is 2.21. The Labute approximate surface area is 174 Å². The molecule has 3 rings (SSSR count). The number of hydrogen-bond donors (Lipinski definition) is 2. The second kappa shape index (κ2) is 9.67. The van der Waals surface area contributed by atoms with Crippen LogP contribution in [0.5, 0.6) is 11.5 Å². The molecule has 2 N–H and O–H groups in total. The third kappa shape index (κ3) is 5.42. The van der Waals surface area contributed by atoms with Crippen molar-refractivity contribution in [1.82, 2.24) is 4.90 Å². The molecule has 1 atom stereocenters. The Balaban J connectivity index is 1.55. The van der Waals surface area contributed by atoms with Crippen molar-refractivity contribution in [1.29, 1.82) is 0 Å². The Morgan fingerprint density at radius 3 is 2.59 bits per heavy atom. The zero-order valence-corrected chi connectivity index (χ0v) is 17.5. The Hall–Kier alpha value is -2.71. The molecule has 0 fully saturated rings. The van der Waals surface area contributed by atoms with Gasteiger partial charge in [-0.15, -0.1) is 11.8 Å². The highest BCUT2D eigenvalue weighted by atomic mass is 32.2. The average molecular weight is 416 g/mol. The lowest BCUT2D eigenvalue weighted by Gasteiger charge is -2.24. The van der Waals surface area contributed by atoms with Crippen LogP contribution in [0.25, 0.3) is 0 Å². The molecule has 2 aromatic carbocycles. The molecule has 1 aliphatic rings. The number of carbonyl (C=O) groups excluding carboxylic acids is 2. The third-order valence-corrected chi connectivity index (χ3v) is 5.42. The van der Waals surface area contributed by atoms with Gasteiger partial charge >= 0.3 is 0 Å². The first-order valence-corrected chi connectivity index (χ1v) is 10.5. The Bertz CT molecular complexity index is 890. The standard InChI is InChI=1S/C21H25N3O4S/c1-14(21(26)22-15-8-9-17-18(12-15)28-11-10-27-17)24(2)13-20(25)23-16-6-4-5-7-19(16)29-3/h4-9,12,14H,10-11,13H2,1-3H3,(H,22,26)(H,23,25)/t14-/m1/s1. The molecule has 154 valence electrons. The van der Waals surface area contributed by atoms with Crippen molar-refractivity contribution >= 4 is 35.0 Å². The minimum atomic E-state index is -0.496. The van der Waals surface area contributed by atoms with E-state index in [4.69, 9.17) is 9.47 Å². The second-order valence-corrected chi connectivity index (χ2v) is 7.54. The van der Waals surface area contributed by atoms with Gasteiger partial charge < -0.3 is 20.1 Å². The summed E-state index contributed by atoms with van der Waals surface area (Å²) in [4.78, 5) is 27.7. The van der Waals surface area contributed by atoms with Crippen molar-refractivity contribution in [2.24, 2.45) is 0 Å². The number of benzene rings is 2. The summed E-state index contributed by atoms with van der Waals surface area (Å²) in [6.07, 6.45) is 1.96. The van der Waals surface area contributed by atoms with Gasteiger partial charge in [-0.1, -0.05) is 12.1 Å². The number of nitrogens with one attached hydrogen (secondary N) is 2. The molecule has 0 spiro atoms. The maximum atomic E-state index is 12.6. The van der Waals surface area contributed by atoms with Gasteiger partial charge in [0.05, 0.1) is 18.3 Å². The summed E-state index contributed by atoms with van der Waals surface area (Å²) in [5.74, 6) is 0.901. The van der Waals surface area contributed by atoms with Crippen molar-refractivity contribution < 1.29 is 19.1 Å². The molecule has 0 bridgehead atoms. The van der Waals surface area contributed by atoms with E-state index < -0.39 is 6.04 Å². The molecule has 8 heteroatoms. The summed E-state index contributed by atoms with van der Waals surface area (Å²) < 4.78 is 11.0. The Kier molecular flexibility index (Phi) is 7.00. The molecule has 0 saturated heterocycles. The van der Waals surface area contributed by atoms with Crippen molar-refractivity contribution in [3.8, 4) is 11.5 Å². The van der Waals surface area contributed by atoms with Gasteiger partial charge in [-0.05, 0) is 44.5 Å². The molecule has 0 unspecified atom stereocenters. The van der Waals surface area contributed by atoms with E-state index in [9.17, 15) is 9.59 Å². The van der Waals surface area contributed by atoms with Crippen LogP contribution in [-0.4, -0.2) is 55.8 Å². The maximum Gasteiger partial charge on any atom is 0.241 e. The quantitative estimate of drug-likeness (QED) is 0.677. The van der Waals surface area contributed by atoms with Crippen LogP contribution in [0.3, 0.4) is 0 Å². The van der Waals surface area contributed by atoms with Gasteiger partial charge in [-0.2, -0.15) is 0 Å². The van der Waals surface area contributed by atoms with Crippen molar-refractivity contribution in [2.75, 3.05) is 43.7 Å². The first-order chi connectivity index (χ1) is 14.0. The maximum absolute atomic E-state index is 12.6. The number of rotatable bonds is 7. The van der Waals surface area contributed by atoms with Crippen LogP contribution in [0.4, 0.5) is 11.4 Å². The fourth-order valence-electron chi connectivity index (χ4n) is 2.87. The van der Waals surface area contributed by atoms with E-state index in [1.165, 1.54) is 0 Å². The van der Waals surface area contributed by atoms with Crippen LogP contribution in [0, 0.1) is 0 Å². The molecule has 0 aliphatic carbocycles. The van der Waals surface area contributed by atoms with E-state index in [2.05, 4.69) is 10.6 Å². The summed E-state index contributed by atoms with van der Waals surface area (Å²) in [7, 11) is 1.74. The number of fused-ring (bicyclic) bond motifs is 1. The number of thioether (sulfide) groups is 1. The van der Waals surface area contributed by atoms with Crippen LogP contribution in [0.1, 0.15) is 6.92 Å². The van der Waals surface area contributed by atoms with Gasteiger partial charge in [0, 0.05) is 16.6 Å². The predicted octanol–water partition coefficient (Wildman–Crippen LogP) is 3.08. The normalized spacial score (nSPS) is 13.7. The summed E-state index contributed by atoms with van der Waals surface area (Å²) in [6.45, 7) is 2.86. The van der Waals surface area contributed by atoms with E-state index in [1.54, 1.807) is 48.8 Å². The Morgan fingerprint density at radius 2 is 1.83 bits per heavy atom. The zero-order chi connectivity index (χ0) is 20.8. The smallest absolute Gasteiger partial charge is 0.241 e. The van der Waals surface area contributed by atoms with E-state index >= 15 is 0 Å². The third-order valence-electron chi connectivity index (χ3n) is 4.62. The number of nitrogens with zero attached hydrogens (tertiary/aromatic N) is 1. The van der Waals surface area contributed by atoms with Crippen LogP contribution < -0.4 is 20.1 Å². The SMILES string of the molecule is CSc1ccccc1NC(=O)CN(C)[C@H](C)C(=O)Nc1ccc2c(c1)OCCO2. The molecule has 0 radical (unpaired) electrons. The topological polar surface area (TPSA) is 79.9 Å². The largest absolute Gasteiger partial charge is 0.486 e. The molecule has 2 aromatic rings. The number of carbonyl (C=O) groups is 2. The summed E-state index contributed by atoms with van der Waals surface area (Å²) >= 11 is 1.57. The van der Waals surface area contributed by atoms with Gasteiger partial charge in [0.15, 0.2) is 11.5 Å². The molecular weight excluding hydrogens is 390 g/mol. The van der Waals surface area contributed by atoms with Crippen molar-refractivity contribution in [2.45, 2.75) is 17.9 Å². The van der Waals surface area contributed by atoms with Crippen molar-refractivity contribution in [3.63, 3.8) is 0 Å². The molecule has 29 heavy (non-hydrogen) atoms. The van der Waals surface area contributed by atoms with Crippen LogP contribution in [0.2, 0.25) is 0 Å². The van der Waals surface area contributed by atoms with Gasteiger partial charge in [0.2, 0.25) is 11.8 Å². The first kappa shape index (κ1) is 21.0. The number of hydrogen-bond acceptors (Lipinski definition) is 6. The fraction of sp³-hybridized carbons (Fsp3) is 0.333. The van der Waals surface area contributed by atoms with Gasteiger partial charge in [0.25, 0.3) is 0 Å². The Morgan fingerprint density at radius 1 is 1.10 bits per heavy atom. The lowest BCUT2D eigenvalue weighted by Crippen LogP contribution is -2.43. The number of ether oxygens (including phenoxy) is 2. The number of amides is 2. The highest BCUT2D eigenvalue weighted by Crippen LogP contribution is 2.32. The first-order valence-electron chi connectivity index (χ1n) is 9.31. The molecule has 0 saturated carbocycles. The van der Waals surface area contributed by atoms with Gasteiger partial charge in [0.1, 0.15) is 13.2 Å². The van der Waals surface area contributed by atoms with Crippen LogP contribution >= 0.6 is 11.8 Å². The molecule has 0 aromatic heterocycles. The van der Waals surface area contributed by atoms with E-state index in [-0.39, 0.29) is 18.4 Å². The van der Waals surface area contributed by atoms with Crippen LogP contribution in [0.15, 0.2) is 47.4 Å². The minimum Gasteiger partial charge on any atom is -0.486 e. The predicted molar refractivity (Wildman–Crippen MR) is 115 cm³/mol. The molecule has 1 aliphatic heterocycles. The molecule has 7 nitrogen and oxygen atoms in total. The van der Waals surface area contributed by atoms with E-state index in [1.807, 2.05) is 30.5 Å². The minimum absolute atomic E-state index is 0.0957. The molecule has 2 amide bonds. The highest BCUT2D eigenvalue weighted by molar-refractivity contribution is 7.98. The number of likely N-dealkylation sites (N-methyl/N-ethyl adjacent to an activating group) is 1. The average Bonchev–Trinajstić information content (AvgIpc) is 2.73. The summed E-state index contributed by atoms with van der Waals surface area (Å²) in [5, 5.41) is 5.77. The monoisotopic (exact) mass is 415 g/mol. The van der Waals surface area contributed by atoms with E-state index in [0.29, 0.717) is 30.4 Å². The lowest BCUT2D eigenvalue weighted by atomic mass is 10.2. The van der Waals surface area contributed by atoms with Gasteiger partial charge in [-0.25, -0.2) is 0 Å². The summed E-state index contributed by atoms with van der Waals surface area (Å²) in [5.41, 5.74) is 1.39. The van der Waals surface area contributed by atoms with Gasteiger partial charge in [-0.3, -0.25) is 14.5 Å². The summed E-state index contributed by atoms with van der Waals surface area (Å²) in [6, 6.07) is 12.4. The van der Waals surface area contributed by atoms with Crippen molar-refractivity contribution in [3.05, 3.63) is 42.5 Å². The molecule has 1 heterocycles. The zero-order valence-electron chi connectivity index (χ0n) is 16.7.